The van der Waals surface area contributed by atoms with Crippen LogP contribution in [0.2, 0.25) is 0 Å². The number of nitrogens with one attached hydrogen (secondary N) is 2. The molecule has 0 aliphatic heterocycles. The molecule has 0 aliphatic rings. The minimum absolute atomic E-state index is 0.0412. The van der Waals surface area contributed by atoms with Crippen LogP contribution in [-0.4, -0.2) is 19.3 Å². The first kappa shape index (κ1) is 14.8. The molecule has 3 rings (SSSR count). The molecule has 0 aliphatic carbocycles. The Bertz CT molecular complexity index is 892. The standard InChI is InChI=1S/C16H17N5O2/c1-11(12-6-4-3-5-7-12)18-14-8-15(22)21(16(23)19-14)13-9-17-20(2)10-13/h3-11,18H,1-2H3,(H,19,23)/t11-/m0/s1. The van der Waals surface area contributed by atoms with Gasteiger partial charge in [0, 0.05) is 25.4 Å². The lowest BCUT2D eigenvalue weighted by molar-refractivity contribution is 0.766. The second kappa shape index (κ2) is 5.96. The summed E-state index contributed by atoms with van der Waals surface area (Å²) in [5.74, 6) is 0.386. The molecule has 2 aromatic heterocycles. The lowest BCUT2D eigenvalue weighted by Gasteiger charge is -2.15. The highest BCUT2D eigenvalue weighted by Gasteiger charge is 2.10. The van der Waals surface area contributed by atoms with Gasteiger partial charge in [0.15, 0.2) is 0 Å². The van der Waals surface area contributed by atoms with E-state index in [0.717, 1.165) is 10.1 Å². The Labute approximate surface area is 132 Å². The Morgan fingerprint density at radius 3 is 2.57 bits per heavy atom. The van der Waals surface area contributed by atoms with Crippen LogP contribution in [0.3, 0.4) is 0 Å². The van der Waals surface area contributed by atoms with Crippen LogP contribution in [0.4, 0.5) is 5.82 Å². The predicted octanol–water partition coefficient (Wildman–Crippen LogP) is 1.43. The zero-order chi connectivity index (χ0) is 16.4. The van der Waals surface area contributed by atoms with Crippen LogP contribution < -0.4 is 16.6 Å². The van der Waals surface area contributed by atoms with Crippen molar-refractivity contribution in [1.82, 2.24) is 19.3 Å². The number of aromatic amines is 1. The van der Waals surface area contributed by atoms with E-state index in [1.807, 2.05) is 37.3 Å². The molecular formula is C16H17N5O2. The molecule has 2 N–H and O–H groups in total. The topological polar surface area (TPSA) is 84.7 Å². The highest BCUT2D eigenvalue weighted by atomic mass is 16.2. The summed E-state index contributed by atoms with van der Waals surface area (Å²) in [5.41, 5.74) is 0.573. The normalized spacial score (nSPS) is 12.1. The van der Waals surface area contributed by atoms with Crippen molar-refractivity contribution < 1.29 is 0 Å². The molecule has 118 valence electrons. The maximum absolute atomic E-state index is 12.3. The van der Waals surface area contributed by atoms with Crippen molar-refractivity contribution in [3.8, 4) is 5.69 Å². The van der Waals surface area contributed by atoms with Gasteiger partial charge in [0.25, 0.3) is 5.56 Å². The molecule has 0 saturated heterocycles. The number of rotatable bonds is 4. The fourth-order valence-corrected chi connectivity index (χ4v) is 2.40. The Hall–Kier alpha value is -3.09. The lowest BCUT2D eigenvalue weighted by Crippen LogP contribution is -2.33. The molecule has 1 aromatic carbocycles. The molecule has 0 radical (unpaired) electrons. The highest BCUT2D eigenvalue weighted by Crippen LogP contribution is 2.15. The molecule has 0 bridgehead atoms. The number of H-pyrrole nitrogens is 1. The Morgan fingerprint density at radius 1 is 1.22 bits per heavy atom. The van der Waals surface area contributed by atoms with E-state index in [-0.39, 0.29) is 6.04 Å². The van der Waals surface area contributed by atoms with E-state index in [1.165, 1.54) is 16.9 Å². The van der Waals surface area contributed by atoms with E-state index in [0.29, 0.717) is 11.5 Å². The predicted molar refractivity (Wildman–Crippen MR) is 87.9 cm³/mol. The van der Waals surface area contributed by atoms with Crippen molar-refractivity contribution in [3.05, 3.63) is 75.2 Å². The van der Waals surface area contributed by atoms with Crippen molar-refractivity contribution in [1.29, 1.82) is 0 Å². The van der Waals surface area contributed by atoms with Gasteiger partial charge in [-0.1, -0.05) is 30.3 Å². The van der Waals surface area contributed by atoms with E-state index in [4.69, 9.17) is 0 Å². The van der Waals surface area contributed by atoms with Crippen molar-refractivity contribution in [2.24, 2.45) is 7.05 Å². The summed E-state index contributed by atoms with van der Waals surface area (Å²) in [4.78, 5) is 27.2. The Kier molecular flexibility index (Phi) is 3.84. The van der Waals surface area contributed by atoms with E-state index in [1.54, 1.807) is 13.2 Å². The molecule has 0 saturated carbocycles. The molecule has 3 aromatic rings. The van der Waals surface area contributed by atoms with Crippen molar-refractivity contribution >= 4 is 5.82 Å². The number of hydrogen-bond donors (Lipinski definition) is 2. The first-order chi connectivity index (χ1) is 11.0. The fraction of sp³-hybridized carbons (Fsp3) is 0.188. The van der Waals surface area contributed by atoms with E-state index < -0.39 is 11.2 Å². The quantitative estimate of drug-likeness (QED) is 0.763. The van der Waals surface area contributed by atoms with Gasteiger partial charge < -0.3 is 5.32 Å². The number of benzene rings is 1. The van der Waals surface area contributed by atoms with Gasteiger partial charge in [0.05, 0.1) is 11.9 Å². The summed E-state index contributed by atoms with van der Waals surface area (Å²) >= 11 is 0. The van der Waals surface area contributed by atoms with Crippen molar-refractivity contribution in [3.63, 3.8) is 0 Å². The highest BCUT2D eigenvalue weighted by molar-refractivity contribution is 5.38. The van der Waals surface area contributed by atoms with Gasteiger partial charge >= 0.3 is 5.69 Å². The van der Waals surface area contributed by atoms with Crippen LogP contribution in [0, 0.1) is 0 Å². The van der Waals surface area contributed by atoms with Crippen LogP contribution in [0.25, 0.3) is 5.69 Å². The first-order valence-corrected chi connectivity index (χ1v) is 7.21. The summed E-state index contributed by atoms with van der Waals surface area (Å²) in [7, 11) is 1.72. The third kappa shape index (κ3) is 3.08. The molecule has 0 amide bonds. The number of aryl methyl sites for hydroxylation is 1. The largest absolute Gasteiger partial charge is 0.365 e. The molecule has 7 nitrogen and oxygen atoms in total. The number of hydrogen-bond acceptors (Lipinski definition) is 4. The van der Waals surface area contributed by atoms with Gasteiger partial charge in [0.2, 0.25) is 0 Å². The van der Waals surface area contributed by atoms with Gasteiger partial charge in [-0.2, -0.15) is 5.10 Å². The zero-order valence-corrected chi connectivity index (χ0v) is 12.9. The molecule has 0 unspecified atom stereocenters. The number of nitrogens with zero attached hydrogens (tertiary/aromatic N) is 3. The lowest BCUT2D eigenvalue weighted by atomic mass is 10.1. The summed E-state index contributed by atoms with van der Waals surface area (Å²) < 4.78 is 2.58. The second-order valence-corrected chi connectivity index (χ2v) is 5.31. The molecular weight excluding hydrogens is 294 g/mol. The maximum Gasteiger partial charge on any atom is 0.334 e. The average Bonchev–Trinajstić information content (AvgIpc) is 2.93. The second-order valence-electron chi connectivity index (χ2n) is 5.31. The van der Waals surface area contributed by atoms with Crippen LogP contribution in [0.1, 0.15) is 18.5 Å². The van der Waals surface area contributed by atoms with Gasteiger partial charge in [-0.3, -0.25) is 14.5 Å². The third-order valence-electron chi connectivity index (χ3n) is 3.55. The molecule has 7 heteroatoms. The van der Waals surface area contributed by atoms with Crippen LogP contribution in [0.5, 0.6) is 0 Å². The van der Waals surface area contributed by atoms with Gasteiger partial charge in [-0.25, -0.2) is 9.36 Å². The van der Waals surface area contributed by atoms with Crippen molar-refractivity contribution in [2.45, 2.75) is 13.0 Å². The van der Waals surface area contributed by atoms with Gasteiger partial charge in [-0.05, 0) is 12.5 Å². The fourth-order valence-electron chi connectivity index (χ4n) is 2.40. The average molecular weight is 311 g/mol. The molecule has 1 atom stereocenters. The summed E-state index contributed by atoms with van der Waals surface area (Å²) in [6.07, 6.45) is 3.08. The van der Waals surface area contributed by atoms with Crippen LogP contribution in [-0.2, 0) is 7.05 Å². The molecule has 0 fully saturated rings. The summed E-state index contributed by atoms with van der Waals surface area (Å²) in [6.45, 7) is 1.96. The maximum atomic E-state index is 12.3. The van der Waals surface area contributed by atoms with E-state index in [9.17, 15) is 9.59 Å². The van der Waals surface area contributed by atoms with Gasteiger partial charge in [0.1, 0.15) is 5.82 Å². The zero-order valence-electron chi connectivity index (χ0n) is 12.9. The van der Waals surface area contributed by atoms with E-state index in [2.05, 4.69) is 15.4 Å². The van der Waals surface area contributed by atoms with Crippen molar-refractivity contribution in [2.75, 3.05) is 5.32 Å². The van der Waals surface area contributed by atoms with Crippen LogP contribution >= 0.6 is 0 Å². The summed E-state index contributed by atoms with van der Waals surface area (Å²) in [6, 6.07) is 11.1. The first-order valence-electron chi connectivity index (χ1n) is 7.21. The minimum Gasteiger partial charge on any atom is -0.365 e. The molecule has 23 heavy (non-hydrogen) atoms. The van der Waals surface area contributed by atoms with Gasteiger partial charge in [-0.15, -0.1) is 0 Å². The third-order valence-corrected chi connectivity index (χ3v) is 3.55. The minimum atomic E-state index is -0.506. The molecule has 0 spiro atoms. The number of aromatic nitrogens is 4. The van der Waals surface area contributed by atoms with Crippen LogP contribution in [0.15, 0.2) is 58.4 Å². The molecule has 2 heterocycles. The Balaban J connectivity index is 1.91. The monoisotopic (exact) mass is 311 g/mol. The Morgan fingerprint density at radius 2 is 1.96 bits per heavy atom. The number of anilines is 1. The summed E-state index contributed by atoms with van der Waals surface area (Å²) in [5, 5.41) is 7.11. The smallest absolute Gasteiger partial charge is 0.334 e. The van der Waals surface area contributed by atoms with E-state index >= 15 is 0 Å². The SMILES string of the molecule is C[C@H](Nc1cc(=O)n(-c2cnn(C)c2)c(=O)[nH]1)c1ccccc1.